The first-order valence-electron chi connectivity index (χ1n) is 4.53. The lowest BCUT2D eigenvalue weighted by Gasteiger charge is -2.15. The highest BCUT2D eigenvalue weighted by molar-refractivity contribution is 5.77. The van der Waals surface area contributed by atoms with Crippen molar-refractivity contribution in [1.82, 2.24) is 0 Å². The van der Waals surface area contributed by atoms with E-state index in [0.717, 1.165) is 6.42 Å². The van der Waals surface area contributed by atoms with Crippen molar-refractivity contribution in [2.24, 2.45) is 17.6 Å². The van der Waals surface area contributed by atoms with Crippen molar-refractivity contribution >= 4 is 11.8 Å². The lowest BCUT2D eigenvalue weighted by molar-refractivity contribution is -0.141. The monoisotopic (exact) mass is 186 g/mol. The molecule has 76 valence electrons. The van der Waals surface area contributed by atoms with Gasteiger partial charge in [-0.25, -0.2) is 0 Å². The maximum absolute atomic E-state index is 10.6. The quantitative estimate of drug-likeness (QED) is 0.433. The van der Waals surface area contributed by atoms with Crippen LogP contribution in [-0.2, 0) is 4.79 Å². The van der Waals surface area contributed by atoms with Crippen LogP contribution >= 0.6 is 0 Å². The number of carboxylic acid groups (broad SMARTS) is 1. The Kier molecular flexibility index (Phi) is 5.11. The summed E-state index contributed by atoms with van der Waals surface area (Å²) in [6.45, 7) is 3.67. The average molecular weight is 186 g/mol. The second-order valence-electron chi connectivity index (χ2n) is 3.48. The van der Waals surface area contributed by atoms with E-state index in [1.54, 1.807) is 6.92 Å². The third-order valence-corrected chi connectivity index (χ3v) is 2.19. The summed E-state index contributed by atoms with van der Waals surface area (Å²) in [5, 5.41) is 15.8. The maximum atomic E-state index is 10.6. The van der Waals surface area contributed by atoms with Gasteiger partial charge in [0.15, 0.2) is 0 Å². The van der Waals surface area contributed by atoms with Crippen molar-refractivity contribution in [3.63, 3.8) is 0 Å². The van der Waals surface area contributed by atoms with E-state index < -0.39 is 5.97 Å². The van der Waals surface area contributed by atoms with Crippen LogP contribution in [0.5, 0.6) is 0 Å². The summed E-state index contributed by atoms with van der Waals surface area (Å²) in [7, 11) is 0. The van der Waals surface area contributed by atoms with Crippen LogP contribution in [0.1, 0.15) is 33.1 Å². The molecule has 0 aliphatic carbocycles. The molecule has 0 radical (unpaired) electrons. The fourth-order valence-electron chi connectivity index (χ4n) is 1.31. The van der Waals surface area contributed by atoms with Gasteiger partial charge in [-0.1, -0.05) is 20.3 Å². The molecule has 4 heteroatoms. The van der Waals surface area contributed by atoms with Gasteiger partial charge in [0.1, 0.15) is 0 Å². The van der Waals surface area contributed by atoms with Gasteiger partial charge in [0, 0.05) is 6.42 Å². The van der Waals surface area contributed by atoms with E-state index >= 15 is 0 Å². The van der Waals surface area contributed by atoms with E-state index in [-0.39, 0.29) is 17.7 Å². The lowest BCUT2D eigenvalue weighted by atomic mass is 9.91. The molecule has 0 aliphatic heterocycles. The van der Waals surface area contributed by atoms with E-state index in [2.05, 4.69) is 0 Å². The zero-order chi connectivity index (χ0) is 10.4. The molecule has 4 nitrogen and oxygen atoms in total. The molecule has 13 heavy (non-hydrogen) atoms. The molecular formula is C9H18N2O2. The van der Waals surface area contributed by atoms with Crippen molar-refractivity contribution in [2.45, 2.75) is 33.1 Å². The Morgan fingerprint density at radius 1 is 1.62 bits per heavy atom. The molecule has 2 atom stereocenters. The van der Waals surface area contributed by atoms with Gasteiger partial charge in [-0.2, -0.15) is 0 Å². The van der Waals surface area contributed by atoms with Crippen LogP contribution in [0.15, 0.2) is 0 Å². The molecule has 0 rings (SSSR count). The largest absolute Gasteiger partial charge is 0.481 e. The fourth-order valence-corrected chi connectivity index (χ4v) is 1.31. The highest BCUT2D eigenvalue weighted by atomic mass is 16.4. The number of hydrogen-bond acceptors (Lipinski definition) is 2. The first-order chi connectivity index (χ1) is 5.97. The molecule has 0 saturated carbocycles. The summed E-state index contributed by atoms with van der Waals surface area (Å²) in [5.74, 6) is -0.751. The van der Waals surface area contributed by atoms with Gasteiger partial charge in [-0.3, -0.25) is 10.2 Å². The first-order valence-corrected chi connectivity index (χ1v) is 4.53. The number of nitrogens with two attached hydrogens (primary N) is 1. The molecule has 0 aromatic heterocycles. The third-order valence-electron chi connectivity index (χ3n) is 2.19. The summed E-state index contributed by atoms with van der Waals surface area (Å²) >= 11 is 0. The number of nitrogens with one attached hydrogen (secondary N) is 1. The zero-order valence-corrected chi connectivity index (χ0v) is 8.21. The summed E-state index contributed by atoms with van der Waals surface area (Å²) in [4.78, 5) is 10.6. The summed E-state index contributed by atoms with van der Waals surface area (Å²) in [5.41, 5.74) is 5.26. The van der Waals surface area contributed by atoms with Crippen molar-refractivity contribution in [3.8, 4) is 0 Å². The molecule has 2 unspecified atom stereocenters. The lowest BCUT2D eigenvalue weighted by Crippen LogP contribution is -2.20. The Bertz CT molecular complexity index is 192. The van der Waals surface area contributed by atoms with Crippen molar-refractivity contribution in [1.29, 1.82) is 5.41 Å². The Hall–Kier alpha value is -1.06. The number of aliphatic carboxylic acids is 1. The van der Waals surface area contributed by atoms with Crippen molar-refractivity contribution in [3.05, 3.63) is 0 Å². The van der Waals surface area contributed by atoms with Crippen LogP contribution in [0.2, 0.25) is 0 Å². The Morgan fingerprint density at radius 2 is 2.15 bits per heavy atom. The Morgan fingerprint density at radius 3 is 2.46 bits per heavy atom. The number of hydrogen-bond donors (Lipinski definition) is 3. The van der Waals surface area contributed by atoms with Crippen LogP contribution in [0.3, 0.4) is 0 Å². The van der Waals surface area contributed by atoms with Gasteiger partial charge in [0.2, 0.25) is 0 Å². The molecule has 0 aromatic rings. The van der Waals surface area contributed by atoms with E-state index in [1.807, 2.05) is 6.92 Å². The summed E-state index contributed by atoms with van der Waals surface area (Å²) in [6.07, 6.45) is 1.98. The zero-order valence-electron chi connectivity index (χ0n) is 8.21. The minimum atomic E-state index is -0.776. The predicted octanol–water partition coefficient (Wildman–Crippen LogP) is 1.45. The second-order valence-corrected chi connectivity index (χ2v) is 3.48. The predicted molar refractivity (Wildman–Crippen MR) is 51.7 cm³/mol. The van der Waals surface area contributed by atoms with Crippen LogP contribution in [0.4, 0.5) is 0 Å². The Labute approximate surface area is 78.6 Å². The van der Waals surface area contributed by atoms with Crippen LogP contribution in [0.25, 0.3) is 0 Å². The molecule has 0 amide bonds. The van der Waals surface area contributed by atoms with E-state index in [1.165, 1.54) is 0 Å². The van der Waals surface area contributed by atoms with Crippen LogP contribution in [0, 0.1) is 17.2 Å². The van der Waals surface area contributed by atoms with Crippen molar-refractivity contribution < 1.29 is 9.90 Å². The fraction of sp³-hybridized carbons (Fsp3) is 0.778. The van der Waals surface area contributed by atoms with Crippen LogP contribution < -0.4 is 5.73 Å². The minimum absolute atomic E-state index is 0.143. The molecule has 0 fully saturated rings. The minimum Gasteiger partial charge on any atom is -0.481 e. The molecule has 0 heterocycles. The van der Waals surface area contributed by atoms with Gasteiger partial charge >= 0.3 is 5.97 Å². The maximum Gasteiger partial charge on any atom is 0.306 e. The van der Waals surface area contributed by atoms with Gasteiger partial charge in [-0.15, -0.1) is 0 Å². The highest BCUT2D eigenvalue weighted by Gasteiger charge is 2.17. The second kappa shape index (κ2) is 5.56. The molecule has 4 N–H and O–H groups in total. The van der Waals surface area contributed by atoms with E-state index in [9.17, 15) is 4.79 Å². The molecule has 0 saturated heterocycles. The average Bonchev–Trinajstić information content (AvgIpc) is 2.02. The van der Waals surface area contributed by atoms with Gasteiger partial charge in [0.25, 0.3) is 0 Å². The SMILES string of the molecule is CCC(CC(=N)N)CC(C)C(=O)O. The smallest absolute Gasteiger partial charge is 0.306 e. The topological polar surface area (TPSA) is 87.2 Å². The first kappa shape index (κ1) is 11.9. The van der Waals surface area contributed by atoms with Gasteiger partial charge in [0.05, 0.1) is 11.8 Å². The number of carboxylic acids is 1. The molecule has 0 aromatic carbocycles. The van der Waals surface area contributed by atoms with Gasteiger partial charge < -0.3 is 10.8 Å². The molecule has 0 bridgehead atoms. The molecule has 0 spiro atoms. The van der Waals surface area contributed by atoms with Crippen molar-refractivity contribution in [2.75, 3.05) is 0 Å². The molecular weight excluding hydrogens is 168 g/mol. The number of carbonyl (C=O) groups is 1. The van der Waals surface area contributed by atoms with Gasteiger partial charge in [-0.05, 0) is 12.3 Å². The summed E-state index contributed by atoms with van der Waals surface area (Å²) < 4.78 is 0. The standard InChI is InChI=1S/C9H18N2O2/c1-3-7(5-8(10)11)4-6(2)9(12)13/h6-7H,3-5H2,1-2H3,(H3,10,11)(H,12,13). The third kappa shape index (κ3) is 5.22. The van der Waals surface area contributed by atoms with E-state index in [4.69, 9.17) is 16.2 Å². The highest BCUT2D eigenvalue weighted by Crippen LogP contribution is 2.18. The van der Waals surface area contributed by atoms with E-state index in [0.29, 0.717) is 12.8 Å². The summed E-state index contributed by atoms with van der Waals surface area (Å²) in [6, 6.07) is 0. The molecule has 0 aliphatic rings. The normalized spacial score (nSPS) is 14.9. The van der Waals surface area contributed by atoms with Crippen LogP contribution in [-0.4, -0.2) is 16.9 Å². The Balaban J connectivity index is 3.97. The number of amidine groups is 1. The number of rotatable bonds is 6.